The minimum absolute atomic E-state index is 0.0397. The van der Waals surface area contributed by atoms with Crippen LogP contribution in [-0.2, 0) is 18.7 Å². The number of hydrogen-bond acceptors (Lipinski definition) is 4. The first-order valence-electron chi connectivity index (χ1n) is 8.43. The number of rotatable bonds is 8. The summed E-state index contributed by atoms with van der Waals surface area (Å²) in [5.41, 5.74) is 0.612. The van der Waals surface area contributed by atoms with Crippen molar-refractivity contribution < 1.29 is 18.7 Å². The summed E-state index contributed by atoms with van der Waals surface area (Å²) in [5, 5.41) is 0.152. The molecule has 0 saturated carbocycles. The number of hydrogen-bond donors (Lipinski definition) is 0. The van der Waals surface area contributed by atoms with Crippen molar-refractivity contribution in [3.8, 4) is 0 Å². The highest BCUT2D eigenvalue weighted by molar-refractivity contribution is 6.74. The van der Waals surface area contributed by atoms with E-state index in [1.807, 2.05) is 19.9 Å². The lowest BCUT2D eigenvalue weighted by molar-refractivity contribution is -0.138. The topological polar surface area (TPSA) is 44.8 Å². The lowest BCUT2D eigenvalue weighted by atomic mass is 9.98. The van der Waals surface area contributed by atoms with E-state index in [1.54, 1.807) is 14.0 Å². The summed E-state index contributed by atoms with van der Waals surface area (Å²) in [6.07, 6.45) is 1.77. The van der Waals surface area contributed by atoms with E-state index in [0.29, 0.717) is 12.2 Å². The zero-order chi connectivity index (χ0) is 18.4. The molecule has 0 N–H and O–H groups in total. The lowest BCUT2D eigenvalue weighted by Gasteiger charge is -2.41. The maximum Gasteiger partial charge on any atom is 0.333 e. The van der Waals surface area contributed by atoms with Crippen molar-refractivity contribution in [2.24, 2.45) is 5.92 Å². The molecule has 0 saturated heterocycles. The van der Waals surface area contributed by atoms with Gasteiger partial charge in [-0.2, -0.15) is 0 Å². The Kier molecular flexibility index (Phi) is 8.74. The Morgan fingerprint density at radius 2 is 1.74 bits per heavy atom. The van der Waals surface area contributed by atoms with Crippen LogP contribution in [0.15, 0.2) is 11.6 Å². The molecule has 0 aliphatic rings. The minimum atomic E-state index is -1.86. The number of carbonyl (C=O) groups is 1. The molecule has 0 aromatic rings. The quantitative estimate of drug-likeness (QED) is 0.368. The summed E-state index contributed by atoms with van der Waals surface area (Å²) < 4.78 is 17.1. The van der Waals surface area contributed by atoms with Gasteiger partial charge in [-0.25, -0.2) is 4.79 Å². The molecule has 0 unspecified atom stereocenters. The Hall–Kier alpha value is -0.653. The number of methoxy groups -OCH3 is 1. The molecule has 0 rings (SSSR count). The van der Waals surface area contributed by atoms with Crippen molar-refractivity contribution in [2.75, 3.05) is 13.7 Å². The Bertz CT molecular complexity index is 410. The first-order chi connectivity index (χ1) is 10.4. The number of ether oxygens (including phenoxy) is 2. The normalized spacial score (nSPS) is 17.6. The summed E-state index contributed by atoms with van der Waals surface area (Å²) in [6.45, 7) is 19.2. The van der Waals surface area contributed by atoms with E-state index < -0.39 is 8.32 Å². The fraction of sp³-hybridized carbons (Fsp3) is 0.833. The van der Waals surface area contributed by atoms with E-state index in [0.717, 1.165) is 0 Å². The molecular formula is C18H36O4Si. The molecule has 4 nitrogen and oxygen atoms in total. The molecule has 0 aromatic carbocycles. The van der Waals surface area contributed by atoms with Crippen LogP contribution in [0.3, 0.4) is 0 Å². The van der Waals surface area contributed by atoms with Gasteiger partial charge in [0.15, 0.2) is 8.32 Å². The van der Waals surface area contributed by atoms with Gasteiger partial charge in [0, 0.05) is 18.6 Å². The SMILES string of the molecule is CCOC(=O)/C(C)=C/[C@H](C)[C@@H](OC)[C@@H](C)O[Si](C)(C)C(C)(C)C. The van der Waals surface area contributed by atoms with Gasteiger partial charge in [0.1, 0.15) is 0 Å². The van der Waals surface area contributed by atoms with E-state index in [2.05, 4.69) is 40.8 Å². The molecule has 0 aromatic heterocycles. The third-order valence-corrected chi connectivity index (χ3v) is 9.22. The van der Waals surface area contributed by atoms with Crippen molar-refractivity contribution in [1.29, 1.82) is 0 Å². The number of esters is 1. The maximum atomic E-state index is 11.8. The molecule has 0 spiro atoms. The summed E-state index contributed by atoms with van der Waals surface area (Å²) in [5.74, 6) is -0.212. The second-order valence-corrected chi connectivity index (χ2v) is 12.5. The minimum Gasteiger partial charge on any atom is -0.463 e. The molecule has 23 heavy (non-hydrogen) atoms. The second kappa shape index (κ2) is 8.99. The van der Waals surface area contributed by atoms with Crippen LogP contribution < -0.4 is 0 Å². The predicted octanol–water partition coefficient (Wildman–Crippen LogP) is 4.56. The van der Waals surface area contributed by atoms with Crippen LogP contribution in [0.25, 0.3) is 0 Å². The van der Waals surface area contributed by atoms with Crippen LogP contribution in [0.2, 0.25) is 18.1 Å². The molecule has 3 atom stereocenters. The molecule has 0 fully saturated rings. The zero-order valence-corrected chi connectivity index (χ0v) is 17.6. The van der Waals surface area contributed by atoms with Crippen LogP contribution in [-0.4, -0.2) is 40.2 Å². The fourth-order valence-corrected chi connectivity index (χ4v) is 3.76. The summed E-state index contributed by atoms with van der Waals surface area (Å²) in [4.78, 5) is 11.8. The van der Waals surface area contributed by atoms with Gasteiger partial charge in [0.25, 0.3) is 0 Å². The maximum absolute atomic E-state index is 11.8. The van der Waals surface area contributed by atoms with Crippen LogP contribution in [0.4, 0.5) is 0 Å². The van der Waals surface area contributed by atoms with Gasteiger partial charge in [-0.15, -0.1) is 0 Å². The van der Waals surface area contributed by atoms with Crippen LogP contribution in [0, 0.1) is 5.92 Å². The Labute approximate surface area is 143 Å². The van der Waals surface area contributed by atoms with E-state index in [4.69, 9.17) is 13.9 Å². The van der Waals surface area contributed by atoms with E-state index in [9.17, 15) is 4.79 Å². The monoisotopic (exact) mass is 344 g/mol. The third kappa shape index (κ3) is 6.77. The van der Waals surface area contributed by atoms with Gasteiger partial charge >= 0.3 is 5.97 Å². The van der Waals surface area contributed by atoms with E-state index in [-0.39, 0.29) is 29.1 Å². The van der Waals surface area contributed by atoms with Gasteiger partial charge in [-0.1, -0.05) is 33.8 Å². The van der Waals surface area contributed by atoms with Crippen LogP contribution in [0.5, 0.6) is 0 Å². The van der Waals surface area contributed by atoms with Gasteiger partial charge in [0.05, 0.1) is 18.8 Å². The highest BCUT2D eigenvalue weighted by Gasteiger charge is 2.40. The molecule has 0 amide bonds. The van der Waals surface area contributed by atoms with Gasteiger partial charge in [-0.3, -0.25) is 0 Å². The van der Waals surface area contributed by atoms with E-state index >= 15 is 0 Å². The lowest BCUT2D eigenvalue weighted by Crippen LogP contribution is -2.47. The molecule has 136 valence electrons. The zero-order valence-electron chi connectivity index (χ0n) is 16.6. The molecule has 0 aliphatic carbocycles. The molecular weight excluding hydrogens is 308 g/mol. The Balaban J connectivity index is 5.06. The van der Waals surface area contributed by atoms with Crippen molar-refractivity contribution in [1.82, 2.24) is 0 Å². The average molecular weight is 345 g/mol. The van der Waals surface area contributed by atoms with Crippen LogP contribution in [0.1, 0.15) is 48.5 Å². The van der Waals surface area contributed by atoms with Crippen molar-refractivity contribution >= 4 is 14.3 Å². The smallest absolute Gasteiger partial charge is 0.333 e. The van der Waals surface area contributed by atoms with Crippen molar-refractivity contribution in [3.05, 3.63) is 11.6 Å². The first kappa shape index (κ1) is 22.3. The van der Waals surface area contributed by atoms with Gasteiger partial charge in [0.2, 0.25) is 0 Å². The fourth-order valence-electron chi connectivity index (χ4n) is 2.34. The Morgan fingerprint density at radius 1 is 1.22 bits per heavy atom. The molecule has 0 bridgehead atoms. The van der Waals surface area contributed by atoms with Gasteiger partial charge < -0.3 is 13.9 Å². The Morgan fingerprint density at radius 3 is 2.13 bits per heavy atom. The molecule has 5 heteroatoms. The van der Waals surface area contributed by atoms with Crippen molar-refractivity contribution in [2.45, 2.75) is 78.8 Å². The molecule has 0 radical (unpaired) electrons. The highest BCUT2D eigenvalue weighted by atomic mass is 28.4. The second-order valence-electron chi connectivity index (χ2n) is 7.71. The largest absolute Gasteiger partial charge is 0.463 e. The predicted molar refractivity (Wildman–Crippen MR) is 98.1 cm³/mol. The number of carbonyl (C=O) groups excluding carboxylic acids is 1. The summed E-state index contributed by atoms with van der Waals surface area (Å²) in [6, 6.07) is 0. The highest BCUT2D eigenvalue weighted by Crippen LogP contribution is 2.38. The van der Waals surface area contributed by atoms with Gasteiger partial charge in [-0.05, 0) is 38.9 Å². The van der Waals surface area contributed by atoms with Crippen LogP contribution >= 0.6 is 0 Å². The van der Waals surface area contributed by atoms with Crippen molar-refractivity contribution in [3.63, 3.8) is 0 Å². The standard InChI is InChI=1S/C18H36O4Si/c1-11-21-17(19)14(3)12-13(2)16(20-8)15(4)22-23(9,10)18(5,6)7/h12-13,15-16H,11H2,1-10H3/b14-12+/t13-,15+,16+/m0/s1. The first-order valence-corrected chi connectivity index (χ1v) is 11.3. The van der Waals surface area contributed by atoms with E-state index in [1.165, 1.54) is 0 Å². The summed E-state index contributed by atoms with van der Waals surface area (Å²) >= 11 is 0. The third-order valence-electron chi connectivity index (χ3n) is 4.65. The average Bonchev–Trinajstić information content (AvgIpc) is 2.37. The molecule has 0 heterocycles. The molecule has 0 aliphatic heterocycles. The summed E-state index contributed by atoms with van der Waals surface area (Å²) in [7, 11) is -0.165.